The summed E-state index contributed by atoms with van der Waals surface area (Å²) in [6, 6.07) is 4.56. The van der Waals surface area contributed by atoms with Crippen molar-refractivity contribution in [3.63, 3.8) is 0 Å². The van der Waals surface area contributed by atoms with Crippen LogP contribution in [-0.4, -0.2) is 24.3 Å². The lowest BCUT2D eigenvalue weighted by Gasteiger charge is -2.22. The van der Waals surface area contributed by atoms with Gasteiger partial charge in [0.15, 0.2) is 0 Å². The van der Waals surface area contributed by atoms with Crippen LogP contribution in [0.4, 0.5) is 4.39 Å². The lowest BCUT2D eigenvalue weighted by Crippen LogP contribution is -2.34. The summed E-state index contributed by atoms with van der Waals surface area (Å²) in [5, 5.41) is 9.27. The second-order valence-electron chi connectivity index (χ2n) is 4.30. The number of hydrogen-bond acceptors (Lipinski definition) is 2. The van der Waals surface area contributed by atoms with Crippen molar-refractivity contribution in [3.8, 4) is 0 Å². The third kappa shape index (κ3) is 2.50. The molecule has 92 valence electrons. The predicted octanol–water partition coefficient (Wildman–Crippen LogP) is 2.62. The SMILES string of the molecule is O=C(O)C1(Cc2cc(Br)ccc2F)CCOC1. The first-order valence-electron chi connectivity index (χ1n) is 5.29. The highest BCUT2D eigenvalue weighted by molar-refractivity contribution is 9.10. The molecule has 1 heterocycles. The fourth-order valence-corrected chi connectivity index (χ4v) is 2.44. The minimum atomic E-state index is -0.984. The number of carbonyl (C=O) groups is 1. The Kier molecular flexibility index (Phi) is 3.49. The van der Waals surface area contributed by atoms with Crippen molar-refractivity contribution < 1.29 is 19.0 Å². The maximum atomic E-state index is 13.6. The zero-order valence-electron chi connectivity index (χ0n) is 9.08. The summed E-state index contributed by atoms with van der Waals surface area (Å²) >= 11 is 3.26. The molecule has 1 aromatic rings. The second kappa shape index (κ2) is 4.74. The van der Waals surface area contributed by atoms with E-state index in [9.17, 15) is 14.3 Å². The van der Waals surface area contributed by atoms with E-state index < -0.39 is 11.4 Å². The Bertz CT molecular complexity index is 441. The maximum absolute atomic E-state index is 13.6. The van der Waals surface area contributed by atoms with Crippen LogP contribution in [-0.2, 0) is 16.0 Å². The number of ether oxygens (including phenoxy) is 1. The Hall–Kier alpha value is -0.940. The molecule has 1 aromatic carbocycles. The van der Waals surface area contributed by atoms with E-state index in [2.05, 4.69) is 15.9 Å². The van der Waals surface area contributed by atoms with E-state index in [1.165, 1.54) is 6.07 Å². The van der Waals surface area contributed by atoms with E-state index in [-0.39, 0.29) is 18.8 Å². The Morgan fingerprint density at radius 2 is 2.35 bits per heavy atom. The van der Waals surface area contributed by atoms with E-state index in [1.54, 1.807) is 12.1 Å². The van der Waals surface area contributed by atoms with Crippen LogP contribution in [0.3, 0.4) is 0 Å². The molecule has 2 rings (SSSR count). The van der Waals surface area contributed by atoms with Crippen molar-refractivity contribution in [2.45, 2.75) is 12.8 Å². The van der Waals surface area contributed by atoms with E-state index in [1.807, 2.05) is 0 Å². The third-order valence-corrected chi connectivity index (χ3v) is 3.59. The topological polar surface area (TPSA) is 46.5 Å². The average molecular weight is 303 g/mol. The Morgan fingerprint density at radius 3 is 2.94 bits per heavy atom. The second-order valence-corrected chi connectivity index (χ2v) is 5.22. The van der Waals surface area contributed by atoms with E-state index in [4.69, 9.17) is 4.74 Å². The summed E-state index contributed by atoms with van der Waals surface area (Å²) in [5.74, 6) is -1.30. The largest absolute Gasteiger partial charge is 0.481 e. The molecule has 1 N–H and O–H groups in total. The molecule has 1 atom stereocenters. The lowest BCUT2D eigenvalue weighted by atomic mass is 9.81. The molecule has 1 fully saturated rings. The van der Waals surface area contributed by atoms with Crippen molar-refractivity contribution >= 4 is 21.9 Å². The van der Waals surface area contributed by atoms with Gasteiger partial charge < -0.3 is 9.84 Å². The Morgan fingerprint density at radius 1 is 1.59 bits per heavy atom. The van der Waals surface area contributed by atoms with Gasteiger partial charge in [-0.2, -0.15) is 0 Å². The number of rotatable bonds is 3. The number of aliphatic carboxylic acids is 1. The summed E-state index contributed by atoms with van der Waals surface area (Å²) in [4.78, 5) is 11.3. The lowest BCUT2D eigenvalue weighted by molar-refractivity contribution is -0.148. The molecule has 1 aliphatic heterocycles. The Balaban J connectivity index is 2.29. The van der Waals surface area contributed by atoms with Crippen molar-refractivity contribution in [2.24, 2.45) is 5.41 Å². The van der Waals surface area contributed by atoms with Crippen LogP contribution in [0.25, 0.3) is 0 Å². The molecule has 3 nitrogen and oxygen atoms in total. The molecule has 0 amide bonds. The predicted molar refractivity (Wildman–Crippen MR) is 63.3 cm³/mol. The van der Waals surface area contributed by atoms with Crippen LogP contribution in [0.5, 0.6) is 0 Å². The number of carboxylic acid groups (broad SMARTS) is 1. The maximum Gasteiger partial charge on any atom is 0.312 e. The first kappa shape index (κ1) is 12.5. The molecule has 0 spiro atoms. The van der Waals surface area contributed by atoms with Gasteiger partial charge in [-0.3, -0.25) is 4.79 Å². The average Bonchev–Trinajstić information content (AvgIpc) is 2.73. The summed E-state index contributed by atoms with van der Waals surface area (Å²) in [7, 11) is 0. The van der Waals surface area contributed by atoms with Crippen LogP contribution < -0.4 is 0 Å². The van der Waals surface area contributed by atoms with Gasteiger partial charge >= 0.3 is 5.97 Å². The van der Waals surface area contributed by atoms with Crippen LogP contribution in [0.1, 0.15) is 12.0 Å². The van der Waals surface area contributed by atoms with E-state index in [0.717, 1.165) is 4.47 Å². The van der Waals surface area contributed by atoms with Crippen molar-refractivity contribution in [2.75, 3.05) is 13.2 Å². The molecule has 1 unspecified atom stereocenters. The van der Waals surface area contributed by atoms with Crippen molar-refractivity contribution in [1.29, 1.82) is 0 Å². The van der Waals surface area contributed by atoms with Crippen LogP contribution in [0.2, 0.25) is 0 Å². The molecule has 17 heavy (non-hydrogen) atoms. The van der Waals surface area contributed by atoms with Gasteiger partial charge in [0, 0.05) is 11.1 Å². The molecule has 0 saturated carbocycles. The molecule has 5 heteroatoms. The summed E-state index contributed by atoms with van der Waals surface area (Å²) in [6.07, 6.45) is 0.585. The van der Waals surface area contributed by atoms with Gasteiger partial charge in [-0.1, -0.05) is 15.9 Å². The minimum absolute atomic E-state index is 0.147. The molecule has 1 aliphatic rings. The standard InChI is InChI=1S/C12H12BrFO3/c13-9-1-2-10(14)8(5-9)6-12(11(15)16)3-4-17-7-12/h1-2,5H,3-4,6-7H2,(H,15,16). The fraction of sp³-hybridized carbons (Fsp3) is 0.417. The molecule has 0 aromatic heterocycles. The zero-order chi connectivity index (χ0) is 12.5. The molecular weight excluding hydrogens is 291 g/mol. The third-order valence-electron chi connectivity index (χ3n) is 3.09. The van der Waals surface area contributed by atoms with Gasteiger partial charge in [-0.05, 0) is 36.6 Å². The molecular formula is C12H12BrFO3. The van der Waals surface area contributed by atoms with Crippen molar-refractivity contribution in [3.05, 3.63) is 34.1 Å². The van der Waals surface area contributed by atoms with Gasteiger partial charge in [0.05, 0.1) is 12.0 Å². The van der Waals surface area contributed by atoms with Gasteiger partial charge in [-0.25, -0.2) is 4.39 Å². The number of carboxylic acids is 1. The smallest absolute Gasteiger partial charge is 0.312 e. The molecule has 0 radical (unpaired) electrons. The van der Waals surface area contributed by atoms with Gasteiger partial charge in [-0.15, -0.1) is 0 Å². The summed E-state index contributed by atoms with van der Waals surface area (Å²) < 4.78 is 19.5. The van der Waals surface area contributed by atoms with Crippen LogP contribution in [0.15, 0.2) is 22.7 Å². The van der Waals surface area contributed by atoms with Crippen LogP contribution in [0, 0.1) is 11.2 Å². The number of hydrogen-bond donors (Lipinski definition) is 1. The van der Waals surface area contributed by atoms with Crippen LogP contribution >= 0.6 is 15.9 Å². The highest BCUT2D eigenvalue weighted by atomic mass is 79.9. The minimum Gasteiger partial charge on any atom is -0.481 e. The first-order valence-corrected chi connectivity index (χ1v) is 6.08. The number of halogens is 2. The quantitative estimate of drug-likeness (QED) is 0.933. The van der Waals surface area contributed by atoms with Gasteiger partial charge in [0.1, 0.15) is 5.82 Å². The number of benzene rings is 1. The highest BCUT2D eigenvalue weighted by Crippen LogP contribution is 2.34. The normalized spacial score (nSPS) is 23.9. The monoisotopic (exact) mass is 302 g/mol. The zero-order valence-corrected chi connectivity index (χ0v) is 10.7. The Labute approximate surface area is 107 Å². The van der Waals surface area contributed by atoms with Gasteiger partial charge in [0.2, 0.25) is 0 Å². The van der Waals surface area contributed by atoms with E-state index >= 15 is 0 Å². The summed E-state index contributed by atoms with van der Waals surface area (Å²) in [6.45, 7) is 0.566. The molecule has 0 bridgehead atoms. The highest BCUT2D eigenvalue weighted by Gasteiger charge is 2.43. The first-order chi connectivity index (χ1) is 8.03. The van der Waals surface area contributed by atoms with Gasteiger partial charge in [0.25, 0.3) is 0 Å². The fourth-order valence-electron chi connectivity index (χ4n) is 2.03. The molecule has 0 aliphatic carbocycles. The molecule has 1 saturated heterocycles. The van der Waals surface area contributed by atoms with Crippen molar-refractivity contribution in [1.82, 2.24) is 0 Å². The summed E-state index contributed by atoms with van der Waals surface area (Å²) in [5.41, 5.74) is -0.575. The van der Waals surface area contributed by atoms with E-state index in [0.29, 0.717) is 18.6 Å².